The zero-order valence-corrected chi connectivity index (χ0v) is 12.3. The predicted octanol–water partition coefficient (Wildman–Crippen LogP) is 1.09. The van der Waals surface area contributed by atoms with Gasteiger partial charge in [0, 0.05) is 22.9 Å². The predicted molar refractivity (Wildman–Crippen MR) is 82.0 cm³/mol. The van der Waals surface area contributed by atoms with Crippen LogP contribution in [0.25, 0.3) is 5.57 Å². The fourth-order valence-electron chi connectivity index (χ4n) is 2.38. The average molecular weight is 300 g/mol. The van der Waals surface area contributed by atoms with Crippen molar-refractivity contribution in [3.05, 3.63) is 69.7 Å². The number of Topliss-reactive ketones (excluding diaryl/α,β-unsaturated/α-hetero) is 1. The van der Waals surface area contributed by atoms with E-state index in [0.29, 0.717) is 10.6 Å². The Morgan fingerprint density at radius 2 is 1.95 bits per heavy atom. The first-order chi connectivity index (χ1) is 10.2. The molecule has 0 aliphatic carbocycles. The van der Waals surface area contributed by atoms with E-state index in [1.54, 1.807) is 19.2 Å². The monoisotopic (exact) mass is 299 g/mol. The van der Waals surface area contributed by atoms with Gasteiger partial charge in [0.15, 0.2) is 5.78 Å². The van der Waals surface area contributed by atoms with E-state index in [-0.39, 0.29) is 12.3 Å². The quantitative estimate of drug-likeness (QED) is 0.903. The van der Waals surface area contributed by atoms with E-state index in [4.69, 9.17) is 11.6 Å². The van der Waals surface area contributed by atoms with Gasteiger partial charge in [0.1, 0.15) is 6.54 Å². The van der Waals surface area contributed by atoms with Gasteiger partial charge in [-0.1, -0.05) is 41.9 Å². The molecule has 0 saturated carbocycles. The maximum absolute atomic E-state index is 12.6. The second kappa shape index (κ2) is 5.68. The summed E-state index contributed by atoms with van der Waals surface area (Å²) in [7, 11) is 1.74. The summed E-state index contributed by atoms with van der Waals surface area (Å²) in [5.41, 5.74) is 4.42. The van der Waals surface area contributed by atoms with Gasteiger partial charge in [0.05, 0.1) is 5.36 Å². The lowest BCUT2D eigenvalue weighted by atomic mass is 9.99. The van der Waals surface area contributed by atoms with Crippen LogP contribution in [-0.4, -0.2) is 24.5 Å². The summed E-state index contributed by atoms with van der Waals surface area (Å²) < 4.78 is 0. The summed E-state index contributed by atoms with van der Waals surface area (Å²) in [6.45, 7) is 0.174. The number of hydrogen-bond acceptors (Lipinski definition) is 4. The number of benzene rings is 2. The molecule has 0 spiro atoms. The largest absolute Gasteiger partial charge is 0.292 e. The molecule has 106 valence electrons. The Bertz CT molecular complexity index is 802. The highest BCUT2D eigenvalue weighted by Gasteiger charge is 2.19. The fourth-order valence-corrected chi connectivity index (χ4v) is 2.55. The van der Waals surface area contributed by atoms with Crippen LogP contribution in [0, 0.1) is 0 Å². The minimum Gasteiger partial charge on any atom is -0.292 e. The third-order valence-electron chi connectivity index (χ3n) is 3.35. The van der Waals surface area contributed by atoms with Crippen LogP contribution in [-0.2, 0) is 4.79 Å². The summed E-state index contributed by atoms with van der Waals surface area (Å²) in [6, 6.07) is 15.0. The van der Waals surface area contributed by atoms with Crippen molar-refractivity contribution in [1.82, 2.24) is 10.5 Å². The van der Waals surface area contributed by atoms with Gasteiger partial charge < -0.3 is 0 Å². The van der Waals surface area contributed by atoms with E-state index in [2.05, 4.69) is 10.5 Å². The van der Waals surface area contributed by atoms with Crippen molar-refractivity contribution in [2.24, 2.45) is 5.10 Å². The van der Waals surface area contributed by atoms with E-state index < -0.39 is 0 Å². The van der Waals surface area contributed by atoms with Gasteiger partial charge >= 0.3 is 0 Å². The molecule has 0 bridgehead atoms. The number of hydrazine groups is 1. The number of carbonyl (C=O) groups excluding carboxylic acids is 1. The number of fused-ring (bicyclic) bond motifs is 1. The standard InChI is InChI=1S/C16H14ClN3O/c1-18-20-10-15(21)16(11-5-3-2-4-6-11)13-9-12(17)7-8-14(13)19-20/h2-9,18H,10H2,1H3. The first kappa shape index (κ1) is 13.8. The van der Waals surface area contributed by atoms with Crippen LogP contribution in [0.15, 0.2) is 53.6 Å². The topological polar surface area (TPSA) is 44.7 Å². The number of nitrogens with zero attached hydrogens (tertiary/aromatic N) is 2. The number of ketones is 1. The number of rotatable bonds is 2. The molecular formula is C16H14ClN3O. The molecule has 0 radical (unpaired) electrons. The Balaban J connectivity index is 2.39. The fraction of sp³-hybridized carbons (Fsp3) is 0.125. The average Bonchev–Trinajstić information content (AvgIpc) is 2.63. The van der Waals surface area contributed by atoms with Crippen molar-refractivity contribution in [2.75, 3.05) is 13.6 Å². The summed E-state index contributed by atoms with van der Waals surface area (Å²) >= 11 is 6.11. The van der Waals surface area contributed by atoms with Gasteiger partial charge in [0.2, 0.25) is 0 Å². The molecular weight excluding hydrogens is 286 g/mol. The van der Waals surface area contributed by atoms with E-state index in [0.717, 1.165) is 16.1 Å². The Labute approximate surface area is 127 Å². The van der Waals surface area contributed by atoms with Crippen LogP contribution in [0.5, 0.6) is 0 Å². The van der Waals surface area contributed by atoms with Crippen molar-refractivity contribution in [1.29, 1.82) is 0 Å². The molecule has 2 aromatic rings. The lowest BCUT2D eigenvalue weighted by molar-refractivity contribution is -0.115. The third kappa shape index (κ3) is 2.68. The Kier molecular flexibility index (Phi) is 3.73. The molecule has 1 aliphatic rings. The molecule has 1 aliphatic heterocycles. The second-order valence-electron chi connectivity index (χ2n) is 4.71. The molecule has 1 N–H and O–H groups in total. The van der Waals surface area contributed by atoms with Crippen molar-refractivity contribution < 1.29 is 4.79 Å². The normalized spacial score (nSPS) is 14.5. The molecule has 1 heterocycles. The van der Waals surface area contributed by atoms with Crippen molar-refractivity contribution in [3.8, 4) is 0 Å². The van der Waals surface area contributed by atoms with Crippen LogP contribution in [0.1, 0.15) is 5.56 Å². The molecule has 0 aromatic heterocycles. The number of halogens is 1. The van der Waals surface area contributed by atoms with Crippen LogP contribution in [0.2, 0.25) is 5.02 Å². The van der Waals surface area contributed by atoms with Crippen molar-refractivity contribution >= 4 is 23.0 Å². The third-order valence-corrected chi connectivity index (χ3v) is 3.58. The molecule has 0 saturated heterocycles. The van der Waals surface area contributed by atoms with E-state index >= 15 is 0 Å². The van der Waals surface area contributed by atoms with Gasteiger partial charge in [-0.3, -0.25) is 4.79 Å². The van der Waals surface area contributed by atoms with E-state index in [9.17, 15) is 4.79 Å². The van der Waals surface area contributed by atoms with Crippen LogP contribution in [0.4, 0.5) is 0 Å². The lowest BCUT2D eigenvalue weighted by Crippen LogP contribution is -2.35. The maximum atomic E-state index is 12.6. The summed E-state index contributed by atoms with van der Waals surface area (Å²) in [5.74, 6) is 0.000293. The van der Waals surface area contributed by atoms with Crippen LogP contribution < -0.4 is 16.0 Å². The minimum absolute atomic E-state index is 0.000293. The minimum atomic E-state index is 0.000293. The molecule has 4 nitrogen and oxygen atoms in total. The van der Waals surface area contributed by atoms with Gasteiger partial charge in [-0.2, -0.15) is 5.10 Å². The first-order valence-electron chi connectivity index (χ1n) is 6.61. The smallest absolute Gasteiger partial charge is 0.186 e. The molecule has 0 amide bonds. The second-order valence-corrected chi connectivity index (χ2v) is 5.14. The van der Waals surface area contributed by atoms with Crippen LogP contribution >= 0.6 is 11.6 Å². The molecule has 2 aromatic carbocycles. The Hall–Kier alpha value is -2.17. The highest BCUT2D eigenvalue weighted by Crippen LogP contribution is 2.14. The van der Waals surface area contributed by atoms with Gasteiger partial charge in [-0.05, 0) is 23.8 Å². The zero-order chi connectivity index (χ0) is 14.8. The molecule has 3 rings (SSSR count). The zero-order valence-electron chi connectivity index (χ0n) is 11.5. The van der Waals surface area contributed by atoms with Gasteiger partial charge in [-0.15, -0.1) is 0 Å². The van der Waals surface area contributed by atoms with Crippen LogP contribution in [0.3, 0.4) is 0 Å². The first-order valence-corrected chi connectivity index (χ1v) is 6.99. The molecule has 21 heavy (non-hydrogen) atoms. The molecule has 0 atom stereocenters. The number of nitrogens with one attached hydrogen (secondary N) is 1. The SMILES string of the molecule is CNN1CC(=O)C(c2ccccc2)=c2cc(Cl)ccc2=N1. The van der Waals surface area contributed by atoms with Gasteiger partial charge in [0.25, 0.3) is 0 Å². The molecule has 0 fully saturated rings. The van der Waals surface area contributed by atoms with E-state index in [1.165, 1.54) is 5.12 Å². The molecule has 5 heteroatoms. The summed E-state index contributed by atoms with van der Waals surface area (Å²) in [5, 5.41) is 8.05. The highest BCUT2D eigenvalue weighted by atomic mass is 35.5. The lowest BCUT2D eigenvalue weighted by Gasteiger charge is -2.15. The highest BCUT2D eigenvalue weighted by molar-refractivity contribution is 6.30. The maximum Gasteiger partial charge on any atom is 0.186 e. The summed E-state index contributed by atoms with van der Waals surface area (Å²) in [4.78, 5) is 12.6. The Morgan fingerprint density at radius 1 is 1.19 bits per heavy atom. The Morgan fingerprint density at radius 3 is 2.67 bits per heavy atom. The number of carbonyl (C=O) groups is 1. The molecule has 0 unspecified atom stereocenters. The van der Waals surface area contributed by atoms with Crippen molar-refractivity contribution in [3.63, 3.8) is 0 Å². The number of hydrogen-bond donors (Lipinski definition) is 1. The van der Waals surface area contributed by atoms with E-state index in [1.807, 2.05) is 36.4 Å². The van der Waals surface area contributed by atoms with Crippen molar-refractivity contribution in [2.45, 2.75) is 0 Å². The van der Waals surface area contributed by atoms with Gasteiger partial charge in [-0.25, -0.2) is 10.5 Å². The summed E-state index contributed by atoms with van der Waals surface area (Å²) in [6.07, 6.45) is 0.